The second-order valence-electron chi connectivity index (χ2n) is 2.57. The Morgan fingerprint density at radius 3 is 2.44 bits per heavy atom. The quantitative estimate of drug-likeness (QED) is 0.390. The van der Waals surface area contributed by atoms with Gasteiger partial charge >= 0.3 is 0 Å². The van der Waals surface area contributed by atoms with Crippen LogP contribution >= 0.6 is 0 Å². The first-order chi connectivity index (χ1) is 4.13. The highest BCUT2D eigenvalue weighted by Gasteiger charge is 1.78. The van der Waals surface area contributed by atoms with Crippen LogP contribution in [0.3, 0.4) is 0 Å². The Morgan fingerprint density at radius 1 is 1.56 bits per heavy atom. The van der Waals surface area contributed by atoms with E-state index in [4.69, 9.17) is 0 Å². The first kappa shape index (κ1) is 8.26. The number of hydrogen-bond acceptors (Lipinski definition) is 0. The van der Waals surface area contributed by atoms with Crippen molar-refractivity contribution in [1.29, 1.82) is 0 Å². The lowest BCUT2D eigenvalue weighted by atomic mass is 10.2. The Hall–Kier alpha value is -0.740. The van der Waals surface area contributed by atoms with E-state index in [1.807, 2.05) is 19.1 Å². The van der Waals surface area contributed by atoms with Crippen LogP contribution in [0.1, 0.15) is 20.8 Å². The van der Waals surface area contributed by atoms with E-state index in [-0.39, 0.29) is 0 Å². The molecule has 0 aliphatic heterocycles. The van der Waals surface area contributed by atoms with Gasteiger partial charge in [-0.1, -0.05) is 26.0 Å². The fourth-order valence-corrected chi connectivity index (χ4v) is 0.383. The molecule has 9 heavy (non-hydrogen) atoms. The molecule has 0 N–H and O–H groups in total. The van der Waals surface area contributed by atoms with Gasteiger partial charge in [0.1, 0.15) is 0 Å². The van der Waals surface area contributed by atoms with Gasteiger partial charge in [-0.05, 0) is 25.0 Å². The monoisotopic (exact) mass is 122 g/mol. The van der Waals surface area contributed by atoms with Crippen LogP contribution in [-0.4, -0.2) is 0 Å². The van der Waals surface area contributed by atoms with Gasteiger partial charge in [-0.2, -0.15) is 0 Å². The van der Waals surface area contributed by atoms with E-state index in [1.54, 1.807) is 0 Å². The Balaban J connectivity index is 3.82. The van der Waals surface area contributed by atoms with Gasteiger partial charge in [0.2, 0.25) is 0 Å². The Kier molecular flexibility index (Phi) is 3.83. The molecule has 0 bridgehead atoms. The van der Waals surface area contributed by atoms with E-state index in [9.17, 15) is 0 Å². The zero-order valence-electron chi connectivity index (χ0n) is 6.44. The van der Waals surface area contributed by atoms with Crippen LogP contribution in [0.15, 0.2) is 30.0 Å². The van der Waals surface area contributed by atoms with Gasteiger partial charge in [-0.15, -0.1) is 5.73 Å². The lowest BCUT2D eigenvalue weighted by molar-refractivity contribution is 0.833. The molecule has 0 heterocycles. The Labute approximate surface area is 57.6 Å². The molecule has 0 fully saturated rings. The van der Waals surface area contributed by atoms with Crippen molar-refractivity contribution in [3.63, 3.8) is 0 Å². The van der Waals surface area contributed by atoms with E-state index < -0.39 is 0 Å². The second-order valence-corrected chi connectivity index (χ2v) is 2.57. The first-order valence-electron chi connectivity index (χ1n) is 3.21. The third kappa shape index (κ3) is 7.26. The molecular formula is C9H14. The molecule has 0 unspecified atom stereocenters. The lowest BCUT2D eigenvalue weighted by Gasteiger charge is -1.86. The van der Waals surface area contributed by atoms with E-state index in [2.05, 4.69) is 26.2 Å². The van der Waals surface area contributed by atoms with Gasteiger partial charge in [0.25, 0.3) is 0 Å². The van der Waals surface area contributed by atoms with E-state index in [1.165, 1.54) is 0 Å². The predicted molar refractivity (Wildman–Crippen MR) is 42.3 cm³/mol. The fraction of sp³-hybridized carbons (Fsp3) is 0.444. The molecule has 0 amide bonds. The summed E-state index contributed by atoms with van der Waals surface area (Å²) in [4.78, 5) is 0. The lowest BCUT2D eigenvalue weighted by Crippen LogP contribution is -1.73. The van der Waals surface area contributed by atoms with Crippen LogP contribution in [0.25, 0.3) is 0 Å². The molecule has 50 valence electrons. The third-order valence-electron chi connectivity index (χ3n) is 0.759. The molecule has 0 saturated heterocycles. The maximum Gasteiger partial charge on any atom is -0.0180 e. The summed E-state index contributed by atoms with van der Waals surface area (Å²) in [6.07, 6.45) is 3.91. The minimum absolute atomic E-state index is 0.584. The molecule has 0 radical (unpaired) electrons. The second kappa shape index (κ2) is 4.17. The van der Waals surface area contributed by atoms with Gasteiger partial charge in [-0.3, -0.25) is 0 Å². The normalized spacial score (nSPS) is 8.44. The van der Waals surface area contributed by atoms with Gasteiger partial charge in [-0.25, -0.2) is 0 Å². The zero-order valence-corrected chi connectivity index (χ0v) is 6.44. The molecule has 0 aromatic rings. The minimum atomic E-state index is 0.584. The molecule has 0 atom stereocenters. The van der Waals surface area contributed by atoms with E-state index in [0.717, 1.165) is 5.57 Å². The number of allylic oxidation sites excluding steroid dienone is 2. The van der Waals surface area contributed by atoms with Crippen molar-refractivity contribution in [2.75, 3.05) is 0 Å². The van der Waals surface area contributed by atoms with Crippen molar-refractivity contribution in [1.82, 2.24) is 0 Å². The summed E-state index contributed by atoms with van der Waals surface area (Å²) in [6.45, 7) is 9.92. The van der Waals surface area contributed by atoms with E-state index >= 15 is 0 Å². The highest BCUT2D eigenvalue weighted by molar-refractivity contribution is 5.10. The third-order valence-corrected chi connectivity index (χ3v) is 0.759. The minimum Gasteiger partial charge on any atom is -0.125 e. The average Bonchev–Trinajstić information content (AvgIpc) is 1.63. The molecule has 0 heteroatoms. The molecule has 0 saturated carbocycles. The van der Waals surface area contributed by atoms with Crippen LogP contribution in [0, 0.1) is 5.92 Å². The number of hydrogen-bond donors (Lipinski definition) is 0. The van der Waals surface area contributed by atoms with Gasteiger partial charge in [0.15, 0.2) is 0 Å². The van der Waals surface area contributed by atoms with Crippen molar-refractivity contribution in [2.45, 2.75) is 20.8 Å². The van der Waals surface area contributed by atoms with Crippen molar-refractivity contribution in [2.24, 2.45) is 5.92 Å². The first-order valence-corrected chi connectivity index (χ1v) is 3.21. The highest BCUT2D eigenvalue weighted by Crippen LogP contribution is 1.92. The molecular weight excluding hydrogens is 108 g/mol. The van der Waals surface area contributed by atoms with Crippen LogP contribution < -0.4 is 0 Å². The zero-order chi connectivity index (χ0) is 7.28. The average molecular weight is 122 g/mol. The summed E-state index contributed by atoms with van der Waals surface area (Å²) in [5.74, 6) is 0.584. The summed E-state index contributed by atoms with van der Waals surface area (Å²) in [5, 5.41) is 0. The molecule has 0 aliphatic carbocycles. The molecule has 0 aromatic heterocycles. The Bertz CT molecular complexity index is 143. The van der Waals surface area contributed by atoms with Crippen LogP contribution in [0.4, 0.5) is 0 Å². The van der Waals surface area contributed by atoms with Crippen molar-refractivity contribution < 1.29 is 0 Å². The summed E-state index contributed by atoms with van der Waals surface area (Å²) in [7, 11) is 0. The maximum absolute atomic E-state index is 3.71. The molecule has 0 aromatic carbocycles. The molecule has 0 aliphatic rings. The van der Waals surface area contributed by atoms with Gasteiger partial charge in [0, 0.05) is 0 Å². The fourth-order valence-electron chi connectivity index (χ4n) is 0.383. The number of rotatable bonds is 2. The van der Waals surface area contributed by atoms with Crippen LogP contribution in [-0.2, 0) is 0 Å². The standard InChI is InChI=1S/C9H14/c1-8(2)6-5-7-9(3)4/h6-7,9H,1H2,2-4H3. The van der Waals surface area contributed by atoms with E-state index in [0.29, 0.717) is 5.92 Å². The van der Waals surface area contributed by atoms with Crippen molar-refractivity contribution in [3.05, 3.63) is 30.0 Å². The summed E-state index contributed by atoms with van der Waals surface area (Å²) < 4.78 is 0. The predicted octanol–water partition coefficient (Wildman–Crippen LogP) is 2.93. The molecule has 0 nitrogen and oxygen atoms in total. The van der Waals surface area contributed by atoms with Crippen LogP contribution in [0.5, 0.6) is 0 Å². The molecule has 0 rings (SSSR count). The summed E-state index contributed by atoms with van der Waals surface area (Å²) in [6, 6.07) is 0. The van der Waals surface area contributed by atoms with Gasteiger partial charge in [0.05, 0.1) is 0 Å². The highest BCUT2D eigenvalue weighted by atomic mass is 13.8. The smallest absolute Gasteiger partial charge is 0.0180 e. The largest absolute Gasteiger partial charge is 0.125 e. The van der Waals surface area contributed by atoms with Crippen molar-refractivity contribution >= 4 is 0 Å². The Morgan fingerprint density at radius 2 is 2.11 bits per heavy atom. The van der Waals surface area contributed by atoms with Crippen molar-refractivity contribution in [3.8, 4) is 0 Å². The summed E-state index contributed by atoms with van der Waals surface area (Å²) in [5.41, 5.74) is 4.08. The van der Waals surface area contributed by atoms with Crippen LogP contribution in [0.2, 0.25) is 0 Å². The topological polar surface area (TPSA) is 0 Å². The summed E-state index contributed by atoms with van der Waals surface area (Å²) >= 11 is 0. The van der Waals surface area contributed by atoms with Gasteiger partial charge < -0.3 is 0 Å². The molecule has 0 spiro atoms. The maximum atomic E-state index is 3.71. The SMILES string of the molecule is C=C(C)C=C=CC(C)C.